The number of rotatable bonds is 6. The van der Waals surface area contributed by atoms with Crippen LogP contribution in [0.2, 0.25) is 0 Å². The maximum absolute atomic E-state index is 11.5. The van der Waals surface area contributed by atoms with Gasteiger partial charge in [0.1, 0.15) is 0 Å². The second kappa shape index (κ2) is 5.75. The zero-order chi connectivity index (χ0) is 11.3. The first-order valence-electron chi connectivity index (χ1n) is 5.81. The van der Waals surface area contributed by atoms with E-state index in [1.54, 1.807) is 0 Å². The van der Waals surface area contributed by atoms with Gasteiger partial charge in [-0.2, -0.15) is 11.8 Å². The molecule has 88 valence electrons. The topological polar surface area (TPSA) is 55.1 Å². The average molecular weight is 230 g/mol. The number of carbonyl (C=O) groups excluding carboxylic acids is 1. The van der Waals surface area contributed by atoms with E-state index in [9.17, 15) is 4.79 Å². The lowest BCUT2D eigenvalue weighted by Crippen LogP contribution is -2.53. The van der Waals surface area contributed by atoms with Crippen LogP contribution in [-0.2, 0) is 4.79 Å². The second-order valence-corrected chi connectivity index (χ2v) is 5.62. The van der Waals surface area contributed by atoms with Crippen molar-refractivity contribution >= 4 is 17.7 Å². The van der Waals surface area contributed by atoms with Gasteiger partial charge in [-0.1, -0.05) is 13.8 Å². The number of nitrogens with two attached hydrogens (primary N) is 1. The van der Waals surface area contributed by atoms with Crippen LogP contribution < -0.4 is 11.1 Å². The Labute approximate surface area is 96.6 Å². The predicted molar refractivity (Wildman–Crippen MR) is 66.0 cm³/mol. The fourth-order valence-electron chi connectivity index (χ4n) is 2.24. The number of likely N-dealkylation sites (N-methyl/N-ethyl adjacent to an activating group) is 1. The first-order valence-corrected chi connectivity index (χ1v) is 6.86. The normalized spacial score (nSPS) is 30.7. The van der Waals surface area contributed by atoms with E-state index in [0.29, 0.717) is 5.25 Å². The zero-order valence-electron chi connectivity index (χ0n) is 9.71. The van der Waals surface area contributed by atoms with Crippen LogP contribution in [0, 0.1) is 0 Å². The van der Waals surface area contributed by atoms with Crippen molar-refractivity contribution < 1.29 is 4.79 Å². The molecule has 0 radical (unpaired) electrons. The van der Waals surface area contributed by atoms with Crippen molar-refractivity contribution in [1.29, 1.82) is 0 Å². The molecule has 0 heterocycles. The van der Waals surface area contributed by atoms with Crippen molar-refractivity contribution in [2.75, 3.05) is 12.3 Å². The van der Waals surface area contributed by atoms with Gasteiger partial charge in [-0.25, -0.2) is 0 Å². The molecular formula is C11H22N2OS. The number of carbonyl (C=O) groups is 1. The van der Waals surface area contributed by atoms with E-state index in [4.69, 9.17) is 5.73 Å². The molecule has 0 aromatic heterocycles. The van der Waals surface area contributed by atoms with Crippen LogP contribution in [0.4, 0.5) is 0 Å². The van der Waals surface area contributed by atoms with Gasteiger partial charge in [-0.05, 0) is 38.0 Å². The molecule has 0 bridgehead atoms. The van der Waals surface area contributed by atoms with Crippen LogP contribution in [0.25, 0.3) is 0 Å². The van der Waals surface area contributed by atoms with Crippen molar-refractivity contribution in [3.63, 3.8) is 0 Å². The highest BCUT2D eigenvalue weighted by Crippen LogP contribution is 2.37. The highest BCUT2D eigenvalue weighted by atomic mass is 32.2. The summed E-state index contributed by atoms with van der Waals surface area (Å²) in [6.45, 7) is 5.03. The molecule has 2 atom stereocenters. The molecule has 1 aliphatic rings. The Morgan fingerprint density at radius 1 is 1.60 bits per heavy atom. The third-order valence-corrected chi connectivity index (χ3v) is 4.53. The molecule has 3 nitrogen and oxygen atoms in total. The molecular weight excluding hydrogens is 208 g/mol. The van der Waals surface area contributed by atoms with Gasteiger partial charge in [0, 0.05) is 5.25 Å². The summed E-state index contributed by atoms with van der Waals surface area (Å²) in [5.74, 6) is 1.01. The van der Waals surface area contributed by atoms with Crippen LogP contribution in [0.15, 0.2) is 0 Å². The zero-order valence-corrected chi connectivity index (χ0v) is 10.5. The molecule has 2 unspecified atom stereocenters. The average Bonchev–Trinajstić information content (AvgIpc) is 2.60. The third-order valence-electron chi connectivity index (χ3n) is 3.01. The summed E-state index contributed by atoms with van der Waals surface area (Å²) in [6, 6.07) is 0. The van der Waals surface area contributed by atoms with Crippen LogP contribution >= 0.6 is 11.8 Å². The molecule has 0 saturated heterocycles. The highest BCUT2D eigenvalue weighted by molar-refractivity contribution is 7.99. The quantitative estimate of drug-likeness (QED) is 0.727. The second-order valence-electron chi connectivity index (χ2n) is 4.21. The minimum Gasteiger partial charge on any atom is -0.368 e. The Morgan fingerprint density at radius 3 is 2.87 bits per heavy atom. The Morgan fingerprint density at radius 2 is 2.33 bits per heavy atom. The van der Waals surface area contributed by atoms with Crippen LogP contribution in [-0.4, -0.2) is 29.0 Å². The summed E-state index contributed by atoms with van der Waals surface area (Å²) in [7, 11) is 0. The first kappa shape index (κ1) is 12.8. The van der Waals surface area contributed by atoms with Gasteiger partial charge < -0.3 is 11.1 Å². The lowest BCUT2D eigenvalue weighted by molar-refractivity contribution is -0.124. The number of primary amides is 1. The molecule has 15 heavy (non-hydrogen) atoms. The largest absolute Gasteiger partial charge is 0.368 e. The molecule has 0 aromatic rings. The molecule has 1 saturated carbocycles. The standard InChI is InChI=1S/C11H22N2OS/c1-3-7-15-9-5-6-11(8-9,10(12)14)13-4-2/h9,13H,3-8H2,1-2H3,(H2,12,14). The van der Waals surface area contributed by atoms with Crippen molar-refractivity contribution in [1.82, 2.24) is 5.32 Å². The highest BCUT2D eigenvalue weighted by Gasteiger charge is 2.43. The smallest absolute Gasteiger partial charge is 0.237 e. The van der Waals surface area contributed by atoms with Gasteiger partial charge in [-0.3, -0.25) is 4.79 Å². The van der Waals surface area contributed by atoms with Gasteiger partial charge in [0.25, 0.3) is 0 Å². The molecule has 1 amide bonds. The maximum atomic E-state index is 11.5. The Kier molecular flexibility index (Phi) is 4.93. The van der Waals surface area contributed by atoms with Gasteiger partial charge in [0.05, 0.1) is 5.54 Å². The van der Waals surface area contributed by atoms with Crippen molar-refractivity contribution in [2.24, 2.45) is 5.73 Å². The molecule has 4 heteroatoms. The van der Waals surface area contributed by atoms with E-state index >= 15 is 0 Å². The minimum absolute atomic E-state index is 0.177. The monoisotopic (exact) mass is 230 g/mol. The lowest BCUT2D eigenvalue weighted by atomic mass is 9.97. The molecule has 0 spiro atoms. The molecule has 1 rings (SSSR count). The maximum Gasteiger partial charge on any atom is 0.237 e. The molecule has 0 aromatic carbocycles. The first-order chi connectivity index (χ1) is 7.14. The van der Waals surface area contributed by atoms with Crippen LogP contribution in [0.5, 0.6) is 0 Å². The summed E-state index contributed by atoms with van der Waals surface area (Å²) in [6.07, 6.45) is 4.12. The van der Waals surface area contributed by atoms with E-state index in [0.717, 1.165) is 25.8 Å². The van der Waals surface area contributed by atoms with Gasteiger partial charge in [0.15, 0.2) is 0 Å². The summed E-state index contributed by atoms with van der Waals surface area (Å²) in [5.41, 5.74) is 5.08. The number of hydrogen-bond acceptors (Lipinski definition) is 3. The summed E-state index contributed by atoms with van der Waals surface area (Å²) in [4.78, 5) is 11.5. The molecule has 3 N–H and O–H groups in total. The minimum atomic E-state index is -0.417. The number of nitrogens with one attached hydrogen (secondary N) is 1. The van der Waals surface area contributed by atoms with Crippen molar-refractivity contribution in [3.05, 3.63) is 0 Å². The number of hydrogen-bond donors (Lipinski definition) is 2. The van der Waals surface area contributed by atoms with Gasteiger partial charge in [-0.15, -0.1) is 0 Å². The summed E-state index contributed by atoms with van der Waals surface area (Å²) < 4.78 is 0. The molecule has 1 fully saturated rings. The van der Waals surface area contributed by atoms with Crippen LogP contribution in [0.1, 0.15) is 39.5 Å². The van der Waals surface area contributed by atoms with E-state index < -0.39 is 5.54 Å². The van der Waals surface area contributed by atoms with E-state index in [-0.39, 0.29) is 5.91 Å². The fourth-order valence-corrected chi connectivity index (χ4v) is 3.49. The van der Waals surface area contributed by atoms with Gasteiger partial charge in [0.2, 0.25) is 5.91 Å². The van der Waals surface area contributed by atoms with Crippen molar-refractivity contribution in [2.45, 2.75) is 50.3 Å². The van der Waals surface area contributed by atoms with E-state index in [2.05, 4.69) is 12.2 Å². The number of amides is 1. The third kappa shape index (κ3) is 3.11. The van der Waals surface area contributed by atoms with E-state index in [1.165, 1.54) is 12.2 Å². The lowest BCUT2D eigenvalue weighted by Gasteiger charge is -2.26. The predicted octanol–water partition coefficient (Wildman–Crippen LogP) is 1.52. The Balaban J connectivity index is 2.52. The van der Waals surface area contributed by atoms with E-state index in [1.807, 2.05) is 18.7 Å². The molecule has 0 aliphatic heterocycles. The summed E-state index contributed by atoms with van der Waals surface area (Å²) >= 11 is 1.98. The Hall–Kier alpha value is -0.220. The van der Waals surface area contributed by atoms with Crippen molar-refractivity contribution in [3.8, 4) is 0 Å². The van der Waals surface area contributed by atoms with Gasteiger partial charge >= 0.3 is 0 Å². The molecule has 1 aliphatic carbocycles. The SMILES string of the molecule is CCCSC1CCC(NCC)(C(N)=O)C1. The number of thioether (sulfide) groups is 1. The Bertz CT molecular complexity index is 223. The fraction of sp³-hybridized carbons (Fsp3) is 0.909. The van der Waals surface area contributed by atoms with Crippen LogP contribution in [0.3, 0.4) is 0 Å². The summed E-state index contributed by atoms with van der Waals surface area (Å²) in [5, 5.41) is 3.88.